The summed E-state index contributed by atoms with van der Waals surface area (Å²) in [6.07, 6.45) is 4.77. The zero-order chi connectivity index (χ0) is 19.1. The number of aliphatic hydroxyl groups excluding tert-OH is 1. The number of anilines is 2. The number of carbonyl (C=O) groups excluding carboxylic acids is 1. The van der Waals surface area contributed by atoms with Gasteiger partial charge in [0.2, 0.25) is 0 Å². The average Bonchev–Trinajstić information content (AvgIpc) is 2.62. The number of hydrogen-bond acceptors (Lipinski definition) is 9. The number of thioether (sulfide) groups is 1. The van der Waals surface area contributed by atoms with Crippen molar-refractivity contribution in [1.29, 1.82) is 5.26 Å². The van der Waals surface area contributed by atoms with Crippen LogP contribution >= 0.6 is 11.8 Å². The first-order valence-corrected chi connectivity index (χ1v) is 8.46. The molecule has 2 heterocycles. The number of aromatic nitrogens is 2. The van der Waals surface area contributed by atoms with Crippen molar-refractivity contribution in [2.75, 3.05) is 17.3 Å². The molecule has 2 aromatic rings. The average molecular weight is 369 g/mol. The van der Waals surface area contributed by atoms with Gasteiger partial charge in [0, 0.05) is 12.3 Å². The van der Waals surface area contributed by atoms with Crippen LogP contribution in [0.15, 0.2) is 57.3 Å². The molecule has 10 heteroatoms. The number of carbonyl (C=O) groups is 1. The highest BCUT2D eigenvalue weighted by Crippen LogP contribution is 2.26. The molecule has 9 nitrogen and oxygen atoms in total. The lowest BCUT2D eigenvalue weighted by atomic mass is 10.2. The van der Waals surface area contributed by atoms with Crippen LogP contribution in [0, 0.1) is 11.3 Å². The van der Waals surface area contributed by atoms with Gasteiger partial charge in [-0.2, -0.15) is 5.26 Å². The van der Waals surface area contributed by atoms with Crippen molar-refractivity contribution in [3.8, 4) is 6.07 Å². The molecule has 26 heavy (non-hydrogen) atoms. The molecule has 4 N–H and O–H groups in total. The number of nitriles is 1. The van der Waals surface area contributed by atoms with Crippen LogP contribution in [0.3, 0.4) is 0 Å². The number of allylic oxidation sites excluding steroid dienone is 1. The first kappa shape index (κ1) is 18.9. The third kappa shape index (κ3) is 4.55. The highest BCUT2D eigenvalue weighted by Gasteiger charge is 2.16. The van der Waals surface area contributed by atoms with Crippen molar-refractivity contribution < 1.29 is 9.90 Å². The Kier molecular flexibility index (Phi) is 6.24. The second-order valence-corrected chi connectivity index (χ2v) is 5.69. The van der Waals surface area contributed by atoms with Crippen molar-refractivity contribution in [3.05, 3.63) is 47.6 Å². The molecule has 0 atom stereocenters. The Bertz CT molecular complexity index is 916. The van der Waals surface area contributed by atoms with Crippen LogP contribution in [0.25, 0.3) is 0 Å². The van der Waals surface area contributed by atoms with Gasteiger partial charge in [-0.05, 0) is 25.3 Å². The normalized spacial score (nSPS) is 11.7. The lowest BCUT2D eigenvalue weighted by Gasteiger charge is -2.09. The minimum absolute atomic E-state index is 0.131. The first-order valence-electron chi connectivity index (χ1n) is 7.23. The van der Waals surface area contributed by atoms with Crippen molar-refractivity contribution in [1.82, 2.24) is 9.97 Å². The van der Waals surface area contributed by atoms with Crippen LogP contribution in [0.5, 0.6) is 0 Å². The molecular weight excluding hydrogens is 354 g/mol. The zero-order valence-corrected chi connectivity index (χ0v) is 14.8. The van der Waals surface area contributed by atoms with Crippen LogP contribution in [-0.4, -0.2) is 27.2 Å². The lowest BCUT2D eigenvalue weighted by molar-refractivity contribution is -0.113. The minimum atomic E-state index is -0.721. The molecule has 0 unspecified atom stereocenters. The maximum Gasteiger partial charge on any atom is 0.280 e. The van der Waals surface area contributed by atoms with Crippen molar-refractivity contribution in [2.24, 2.45) is 10.2 Å². The van der Waals surface area contributed by atoms with E-state index in [4.69, 9.17) is 11.0 Å². The van der Waals surface area contributed by atoms with Crippen LogP contribution in [0.1, 0.15) is 12.5 Å². The molecule has 0 radical (unpaired) electrons. The van der Waals surface area contributed by atoms with E-state index in [1.807, 2.05) is 6.07 Å². The standard InChI is InChI=1S/C16H15N7O2S/c1-9(24)14(23-22-10-4-3-5-19-8-10)15(25)20-13-6-12(18)11(7-17)16(21-13)26-2/h3-6,8,24H,1-2H3,(H3,18,20,21,25)/b14-9+,23-22?. The van der Waals surface area contributed by atoms with Gasteiger partial charge in [-0.15, -0.1) is 22.0 Å². The number of aliphatic hydroxyl groups is 1. The Hall–Kier alpha value is -3.45. The highest BCUT2D eigenvalue weighted by molar-refractivity contribution is 7.98. The number of amides is 1. The van der Waals surface area contributed by atoms with Gasteiger partial charge in [0.25, 0.3) is 5.91 Å². The maximum absolute atomic E-state index is 12.4. The van der Waals surface area contributed by atoms with E-state index in [1.54, 1.807) is 24.6 Å². The fourth-order valence-electron chi connectivity index (χ4n) is 1.84. The van der Waals surface area contributed by atoms with Gasteiger partial charge >= 0.3 is 0 Å². The molecule has 0 saturated carbocycles. The summed E-state index contributed by atoms with van der Waals surface area (Å²) < 4.78 is 0. The first-order chi connectivity index (χ1) is 12.5. The number of rotatable bonds is 5. The fourth-order valence-corrected chi connectivity index (χ4v) is 2.40. The van der Waals surface area contributed by atoms with E-state index in [2.05, 4.69) is 25.5 Å². The molecule has 0 fully saturated rings. The van der Waals surface area contributed by atoms with E-state index in [9.17, 15) is 9.90 Å². The SMILES string of the molecule is CSc1nc(NC(=O)/C(N=Nc2cccnc2)=C(/C)O)cc(N)c1C#N. The van der Waals surface area contributed by atoms with E-state index in [1.165, 1.54) is 30.9 Å². The Labute approximate surface area is 153 Å². The lowest BCUT2D eigenvalue weighted by Crippen LogP contribution is -2.16. The van der Waals surface area contributed by atoms with Crippen molar-refractivity contribution in [3.63, 3.8) is 0 Å². The molecule has 0 aliphatic rings. The third-order valence-corrected chi connectivity index (χ3v) is 3.71. The van der Waals surface area contributed by atoms with Crippen molar-refractivity contribution >= 4 is 34.9 Å². The zero-order valence-electron chi connectivity index (χ0n) is 14.0. The molecule has 132 valence electrons. The van der Waals surface area contributed by atoms with Crippen LogP contribution in [-0.2, 0) is 4.79 Å². The topological polar surface area (TPSA) is 150 Å². The molecule has 0 bridgehead atoms. The Morgan fingerprint density at radius 3 is 2.85 bits per heavy atom. The largest absolute Gasteiger partial charge is 0.510 e. The Morgan fingerprint density at radius 1 is 1.50 bits per heavy atom. The smallest absolute Gasteiger partial charge is 0.280 e. The molecular formula is C16H15N7O2S. The third-order valence-electron chi connectivity index (χ3n) is 3.03. The summed E-state index contributed by atoms with van der Waals surface area (Å²) in [5, 5.41) is 29.3. The maximum atomic E-state index is 12.4. The summed E-state index contributed by atoms with van der Waals surface area (Å²) in [5.41, 5.74) is 6.37. The second-order valence-electron chi connectivity index (χ2n) is 4.89. The van der Waals surface area contributed by atoms with E-state index in [0.29, 0.717) is 10.7 Å². The predicted molar refractivity (Wildman–Crippen MR) is 97.9 cm³/mol. The number of nitrogens with zero attached hydrogens (tertiary/aromatic N) is 5. The van der Waals surface area contributed by atoms with E-state index in [0.717, 1.165) is 0 Å². The van der Waals surface area contributed by atoms with Crippen LogP contribution in [0.2, 0.25) is 0 Å². The summed E-state index contributed by atoms with van der Waals surface area (Å²) in [7, 11) is 0. The summed E-state index contributed by atoms with van der Waals surface area (Å²) in [6.45, 7) is 1.31. The van der Waals surface area contributed by atoms with Gasteiger partial charge in [-0.3, -0.25) is 9.78 Å². The predicted octanol–water partition coefficient (Wildman–Crippen LogP) is 3.16. The van der Waals surface area contributed by atoms with E-state index in [-0.39, 0.29) is 28.5 Å². The van der Waals surface area contributed by atoms with E-state index >= 15 is 0 Å². The van der Waals surface area contributed by atoms with Crippen LogP contribution in [0.4, 0.5) is 17.2 Å². The van der Waals surface area contributed by atoms with Gasteiger partial charge < -0.3 is 16.2 Å². The van der Waals surface area contributed by atoms with Gasteiger partial charge in [-0.25, -0.2) is 4.98 Å². The number of azo groups is 1. The summed E-state index contributed by atoms with van der Waals surface area (Å²) >= 11 is 1.22. The fraction of sp³-hybridized carbons (Fsp3) is 0.125. The number of hydrogen-bond donors (Lipinski definition) is 3. The highest BCUT2D eigenvalue weighted by atomic mass is 32.2. The Balaban J connectivity index is 2.27. The molecule has 1 amide bonds. The molecule has 0 spiro atoms. The second kappa shape index (κ2) is 8.59. The number of nitrogens with one attached hydrogen (secondary N) is 1. The molecule has 0 aliphatic heterocycles. The summed E-state index contributed by atoms with van der Waals surface area (Å²) in [6, 6.07) is 6.63. The quantitative estimate of drug-likeness (QED) is 0.317. The summed E-state index contributed by atoms with van der Waals surface area (Å²) in [4.78, 5) is 20.4. The molecule has 0 aliphatic carbocycles. The summed E-state index contributed by atoms with van der Waals surface area (Å²) in [5.74, 6) is -0.908. The van der Waals surface area contributed by atoms with Crippen LogP contribution < -0.4 is 11.1 Å². The number of pyridine rings is 2. The van der Waals surface area contributed by atoms with Gasteiger partial charge in [0.1, 0.15) is 33.9 Å². The number of nitrogen functional groups attached to an aromatic ring is 1. The minimum Gasteiger partial charge on any atom is -0.510 e. The molecule has 0 saturated heterocycles. The van der Waals surface area contributed by atoms with Gasteiger partial charge in [-0.1, -0.05) is 0 Å². The monoisotopic (exact) mass is 369 g/mol. The number of nitrogens with two attached hydrogens (primary N) is 1. The Morgan fingerprint density at radius 2 is 2.27 bits per heavy atom. The molecule has 0 aromatic carbocycles. The van der Waals surface area contributed by atoms with Gasteiger partial charge in [0.15, 0.2) is 5.70 Å². The van der Waals surface area contributed by atoms with Gasteiger partial charge in [0.05, 0.1) is 11.9 Å². The van der Waals surface area contributed by atoms with Crippen molar-refractivity contribution in [2.45, 2.75) is 11.9 Å². The molecule has 2 rings (SSSR count). The van der Waals surface area contributed by atoms with E-state index < -0.39 is 5.91 Å². The molecule has 2 aromatic heterocycles.